The average molecular weight is 267 g/mol. The fourth-order valence-electron chi connectivity index (χ4n) is 4.24. The van der Waals surface area contributed by atoms with E-state index in [0.29, 0.717) is 12.0 Å². The van der Waals surface area contributed by atoms with Crippen molar-refractivity contribution in [1.82, 2.24) is 4.90 Å². The van der Waals surface area contributed by atoms with Gasteiger partial charge in [0.25, 0.3) is 0 Å². The van der Waals surface area contributed by atoms with Gasteiger partial charge in [0.1, 0.15) is 0 Å². The number of hydrogen-bond donors (Lipinski definition) is 1. The van der Waals surface area contributed by atoms with E-state index in [-0.39, 0.29) is 6.10 Å². The number of hydrogen-bond acceptors (Lipinski definition) is 2. The molecule has 0 spiro atoms. The topological polar surface area (TPSA) is 23.5 Å². The molecular formula is C17H33NO. The second-order valence-electron chi connectivity index (χ2n) is 7.27. The van der Waals surface area contributed by atoms with Gasteiger partial charge in [-0.25, -0.2) is 0 Å². The maximum atomic E-state index is 10.3. The molecule has 2 rings (SSSR count). The van der Waals surface area contributed by atoms with Crippen LogP contribution in [0.25, 0.3) is 0 Å². The van der Waals surface area contributed by atoms with Gasteiger partial charge in [-0.2, -0.15) is 0 Å². The number of aliphatic hydroxyl groups excluding tert-OH is 1. The van der Waals surface area contributed by atoms with Crippen LogP contribution in [0.1, 0.15) is 65.7 Å². The fraction of sp³-hybridized carbons (Fsp3) is 1.00. The summed E-state index contributed by atoms with van der Waals surface area (Å²) in [6.07, 6.45) is 8.83. The molecule has 0 aromatic rings. The van der Waals surface area contributed by atoms with Gasteiger partial charge in [0, 0.05) is 12.6 Å². The third-order valence-corrected chi connectivity index (χ3v) is 5.49. The molecule has 112 valence electrons. The molecule has 1 saturated heterocycles. The summed E-state index contributed by atoms with van der Waals surface area (Å²) < 4.78 is 0. The van der Waals surface area contributed by atoms with Crippen LogP contribution in [0.2, 0.25) is 0 Å². The van der Waals surface area contributed by atoms with E-state index in [9.17, 15) is 5.11 Å². The number of piperidine rings is 1. The van der Waals surface area contributed by atoms with Gasteiger partial charge in [0.05, 0.1) is 6.10 Å². The van der Waals surface area contributed by atoms with Gasteiger partial charge in [-0.05, 0) is 63.3 Å². The first-order valence-corrected chi connectivity index (χ1v) is 8.52. The maximum Gasteiger partial charge on any atom is 0.0580 e. The minimum absolute atomic E-state index is 0.0420. The van der Waals surface area contributed by atoms with Crippen molar-refractivity contribution in [3.63, 3.8) is 0 Å². The summed E-state index contributed by atoms with van der Waals surface area (Å²) in [5, 5.41) is 10.3. The fourth-order valence-corrected chi connectivity index (χ4v) is 4.24. The summed E-state index contributed by atoms with van der Waals surface area (Å²) >= 11 is 0. The van der Waals surface area contributed by atoms with E-state index in [1.807, 2.05) is 0 Å². The smallest absolute Gasteiger partial charge is 0.0580 e. The van der Waals surface area contributed by atoms with Gasteiger partial charge < -0.3 is 10.0 Å². The van der Waals surface area contributed by atoms with Crippen molar-refractivity contribution < 1.29 is 5.11 Å². The lowest BCUT2D eigenvalue weighted by molar-refractivity contribution is 0.00838. The highest BCUT2D eigenvalue weighted by molar-refractivity contribution is 4.85. The zero-order valence-corrected chi connectivity index (χ0v) is 13.1. The molecule has 5 unspecified atom stereocenters. The first-order chi connectivity index (χ1) is 9.10. The number of nitrogens with zero attached hydrogens (tertiary/aromatic N) is 1. The Morgan fingerprint density at radius 1 is 1.11 bits per heavy atom. The first-order valence-electron chi connectivity index (χ1n) is 8.52. The predicted octanol–water partition coefficient (Wildman–Crippen LogP) is 3.68. The zero-order valence-electron chi connectivity index (χ0n) is 13.1. The van der Waals surface area contributed by atoms with E-state index in [0.717, 1.165) is 24.8 Å². The van der Waals surface area contributed by atoms with E-state index in [4.69, 9.17) is 0 Å². The van der Waals surface area contributed by atoms with Crippen molar-refractivity contribution in [2.45, 2.75) is 77.9 Å². The molecule has 1 aliphatic heterocycles. The lowest BCUT2D eigenvalue weighted by Gasteiger charge is -2.42. The van der Waals surface area contributed by atoms with Crippen molar-refractivity contribution in [2.24, 2.45) is 17.8 Å². The van der Waals surface area contributed by atoms with Gasteiger partial charge in [-0.15, -0.1) is 0 Å². The lowest BCUT2D eigenvalue weighted by Crippen LogP contribution is -2.46. The van der Waals surface area contributed by atoms with Gasteiger partial charge >= 0.3 is 0 Å². The van der Waals surface area contributed by atoms with Crippen LogP contribution in [0.4, 0.5) is 0 Å². The molecule has 1 N–H and O–H groups in total. The molecule has 5 atom stereocenters. The SMILES string of the molecule is CCCC1CCC(O)C(CN2CCC(C)CC2C)C1. The van der Waals surface area contributed by atoms with Crippen LogP contribution in [0.5, 0.6) is 0 Å². The summed E-state index contributed by atoms with van der Waals surface area (Å²) in [5.74, 6) is 2.29. The van der Waals surface area contributed by atoms with Crippen LogP contribution in [0.15, 0.2) is 0 Å². The minimum Gasteiger partial charge on any atom is -0.393 e. The highest BCUT2D eigenvalue weighted by Crippen LogP contribution is 2.34. The second kappa shape index (κ2) is 7.08. The van der Waals surface area contributed by atoms with Crippen molar-refractivity contribution in [1.29, 1.82) is 0 Å². The van der Waals surface area contributed by atoms with Crippen LogP contribution >= 0.6 is 0 Å². The summed E-state index contributed by atoms with van der Waals surface area (Å²) in [7, 11) is 0. The van der Waals surface area contributed by atoms with E-state index in [1.54, 1.807) is 0 Å². The van der Waals surface area contributed by atoms with Gasteiger partial charge in [-0.3, -0.25) is 0 Å². The van der Waals surface area contributed by atoms with Crippen LogP contribution in [0, 0.1) is 17.8 Å². The zero-order chi connectivity index (χ0) is 13.8. The molecule has 19 heavy (non-hydrogen) atoms. The quantitative estimate of drug-likeness (QED) is 0.840. The highest BCUT2D eigenvalue weighted by atomic mass is 16.3. The lowest BCUT2D eigenvalue weighted by atomic mass is 9.77. The third-order valence-electron chi connectivity index (χ3n) is 5.49. The number of aliphatic hydroxyl groups is 1. The van der Waals surface area contributed by atoms with E-state index >= 15 is 0 Å². The van der Waals surface area contributed by atoms with Crippen LogP contribution < -0.4 is 0 Å². The Bertz CT molecular complexity index is 268. The van der Waals surface area contributed by atoms with Crippen LogP contribution in [-0.4, -0.2) is 35.2 Å². The normalized spacial score (nSPS) is 41.4. The maximum absolute atomic E-state index is 10.3. The number of likely N-dealkylation sites (tertiary alicyclic amines) is 1. The van der Waals surface area contributed by atoms with Crippen LogP contribution in [-0.2, 0) is 0 Å². The molecule has 2 heteroatoms. The monoisotopic (exact) mass is 267 g/mol. The highest BCUT2D eigenvalue weighted by Gasteiger charge is 2.32. The van der Waals surface area contributed by atoms with Gasteiger partial charge in [-0.1, -0.05) is 26.7 Å². The first kappa shape index (κ1) is 15.3. The molecule has 0 amide bonds. The summed E-state index contributed by atoms with van der Waals surface area (Å²) in [4.78, 5) is 2.64. The Hall–Kier alpha value is -0.0800. The second-order valence-corrected chi connectivity index (χ2v) is 7.27. The van der Waals surface area contributed by atoms with Crippen molar-refractivity contribution in [3.05, 3.63) is 0 Å². The minimum atomic E-state index is -0.0420. The number of rotatable bonds is 4. The van der Waals surface area contributed by atoms with Gasteiger partial charge in [0.15, 0.2) is 0 Å². The summed E-state index contributed by atoms with van der Waals surface area (Å²) in [6.45, 7) is 9.41. The Morgan fingerprint density at radius 2 is 1.89 bits per heavy atom. The Kier molecular flexibility index (Phi) is 5.70. The van der Waals surface area contributed by atoms with Crippen molar-refractivity contribution >= 4 is 0 Å². The van der Waals surface area contributed by atoms with Gasteiger partial charge in [0.2, 0.25) is 0 Å². The third kappa shape index (κ3) is 4.19. The molecule has 2 aliphatic rings. The molecule has 2 nitrogen and oxygen atoms in total. The molecular weight excluding hydrogens is 234 g/mol. The predicted molar refractivity (Wildman–Crippen MR) is 81.2 cm³/mol. The summed E-state index contributed by atoms with van der Waals surface area (Å²) in [5.41, 5.74) is 0. The largest absolute Gasteiger partial charge is 0.393 e. The Balaban J connectivity index is 1.85. The molecule has 2 fully saturated rings. The van der Waals surface area contributed by atoms with Crippen molar-refractivity contribution in [3.8, 4) is 0 Å². The molecule has 1 heterocycles. The van der Waals surface area contributed by atoms with Crippen LogP contribution in [0.3, 0.4) is 0 Å². The molecule has 0 aromatic carbocycles. The average Bonchev–Trinajstić information content (AvgIpc) is 2.37. The van der Waals surface area contributed by atoms with E-state index < -0.39 is 0 Å². The summed E-state index contributed by atoms with van der Waals surface area (Å²) in [6, 6.07) is 0.711. The molecule has 0 radical (unpaired) electrons. The Morgan fingerprint density at radius 3 is 2.58 bits per heavy atom. The molecule has 0 aromatic heterocycles. The Labute approximate surface area is 119 Å². The molecule has 1 saturated carbocycles. The van der Waals surface area contributed by atoms with E-state index in [2.05, 4.69) is 25.7 Å². The van der Waals surface area contributed by atoms with Crippen molar-refractivity contribution in [2.75, 3.05) is 13.1 Å². The molecule has 0 bridgehead atoms. The molecule has 1 aliphatic carbocycles. The van der Waals surface area contributed by atoms with E-state index in [1.165, 1.54) is 45.1 Å². The standard InChI is InChI=1S/C17H33NO/c1-4-5-15-6-7-17(19)16(11-15)12-18-9-8-13(2)10-14(18)3/h13-17,19H,4-12H2,1-3H3.